The van der Waals surface area contributed by atoms with Crippen LogP contribution in [0, 0.1) is 0 Å². The zero-order valence-corrected chi connectivity index (χ0v) is 12.1. The zero-order valence-electron chi connectivity index (χ0n) is 12.1. The highest BCUT2D eigenvalue weighted by atomic mass is 15.0. The van der Waals surface area contributed by atoms with Gasteiger partial charge in [0.2, 0.25) is 0 Å². The first-order valence-electron chi connectivity index (χ1n) is 7.84. The van der Waals surface area contributed by atoms with Crippen LogP contribution in [0.4, 0.5) is 0 Å². The predicted molar refractivity (Wildman–Crippen MR) is 86.2 cm³/mol. The normalized spacial score (nSPS) is 19.3. The Bertz CT molecular complexity index is 539. The van der Waals surface area contributed by atoms with E-state index in [1.165, 1.54) is 42.1 Å². The Morgan fingerprint density at radius 3 is 2.85 bits per heavy atom. The Balaban J connectivity index is 1.52. The van der Waals surface area contributed by atoms with Gasteiger partial charge in [-0.1, -0.05) is 48.9 Å². The molecule has 2 heteroatoms. The van der Waals surface area contributed by atoms with Crippen molar-refractivity contribution in [2.45, 2.75) is 31.7 Å². The summed E-state index contributed by atoms with van der Waals surface area (Å²) < 4.78 is 0. The van der Waals surface area contributed by atoms with E-state index in [1.54, 1.807) is 0 Å². The molecule has 0 amide bonds. The minimum Gasteiger partial charge on any atom is -0.315 e. The lowest BCUT2D eigenvalue weighted by molar-refractivity contribution is 0.384. The van der Waals surface area contributed by atoms with Crippen molar-refractivity contribution >= 4 is 10.8 Å². The van der Waals surface area contributed by atoms with Crippen molar-refractivity contribution in [1.82, 2.24) is 10.6 Å². The molecule has 0 spiro atoms. The Morgan fingerprint density at radius 2 is 1.95 bits per heavy atom. The molecule has 1 atom stereocenters. The van der Waals surface area contributed by atoms with Gasteiger partial charge in [0.25, 0.3) is 0 Å². The molecule has 1 fully saturated rings. The first-order chi connectivity index (χ1) is 9.93. The largest absolute Gasteiger partial charge is 0.315 e. The second-order valence-electron chi connectivity index (χ2n) is 5.74. The number of nitrogens with one attached hydrogen (secondary N) is 2. The standard InChI is InChI=1S/C18H24N2/c1-2-10-18-15(6-1)7-5-8-16(18)11-13-19-14-17-9-3-4-12-20-17/h1-2,5-8,10,17,19-20H,3-4,9,11-14H2. The van der Waals surface area contributed by atoms with E-state index < -0.39 is 0 Å². The lowest BCUT2D eigenvalue weighted by Gasteiger charge is -2.23. The Morgan fingerprint density at radius 1 is 1.05 bits per heavy atom. The van der Waals surface area contributed by atoms with Crippen molar-refractivity contribution in [1.29, 1.82) is 0 Å². The average Bonchev–Trinajstić information content (AvgIpc) is 2.53. The first kappa shape index (κ1) is 13.6. The first-order valence-corrected chi connectivity index (χ1v) is 7.84. The van der Waals surface area contributed by atoms with Crippen LogP contribution in [-0.4, -0.2) is 25.7 Å². The molecule has 1 aliphatic heterocycles. The van der Waals surface area contributed by atoms with E-state index in [-0.39, 0.29) is 0 Å². The van der Waals surface area contributed by atoms with E-state index in [2.05, 4.69) is 53.1 Å². The van der Waals surface area contributed by atoms with E-state index >= 15 is 0 Å². The van der Waals surface area contributed by atoms with Crippen LogP contribution >= 0.6 is 0 Å². The van der Waals surface area contributed by atoms with Gasteiger partial charge in [0, 0.05) is 12.6 Å². The van der Waals surface area contributed by atoms with Gasteiger partial charge in [0.1, 0.15) is 0 Å². The summed E-state index contributed by atoms with van der Waals surface area (Å²) in [5.41, 5.74) is 1.45. The summed E-state index contributed by atoms with van der Waals surface area (Å²) in [6.45, 7) is 3.35. The van der Waals surface area contributed by atoms with Crippen molar-refractivity contribution in [3.8, 4) is 0 Å². The molecule has 2 aromatic rings. The van der Waals surface area contributed by atoms with E-state index in [9.17, 15) is 0 Å². The molecule has 106 valence electrons. The van der Waals surface area contributed by atoms with Crippen LogP contribution in [0.3, 0.4) is 0 Å². The fourth-order valence-electron chi connectivity index (χ4n) is 3.11. The van der Waals surface area contributed by atoms with Crippen LogP contribution in [0.2, 0.25) is 0 Å². The molecule has 0 aliphatic carbocycles. The molecule has 1 unspecified atom stereocenters. The summed E-state index contributed by atoms with van der Waals surface area (Å²) in [6, 6.07) is 16.0. The molecule has 2 aromatic carbocycles. The number of fused-ring (bicyclic) bond motifs is 1. The molecule has 1 heterocycles. The zero-order chi connectivity index (χ0) is 13.6. The van der Waals surface area contributed by atoms with Gasteiger partial charge in [0.05, 0.1) is 0 Å². The predicted octanol–water partition coefficient (Wildman–Crippen LogP) is 3.11. The van der Waals surface area contributed by atoms with Crippen molar-refractivity contribution in [3.63, 3.8) is 0 Å². The quantitative estimate of drug-likeness (QED) is 0.814. The third-order valence-electron chi connectivity index (χ3n) is 4.25. The van der Waals surface area contributed by atoms with Crippen LogP contribution in [-0.2, 0) is 6.42 Å². The third kappa shape index (κ3) is 3.38. The number of benzene rings is 2. The summed E-state index contributed by atoms with van der Waals surface area (Å²) in [4.78, 5) is 0. The topological polar surface area (TPSA) is 24.1 Å². The molecule has 0 aromatic heterocycles. The van der Waals surface area contributed by atoms with Crippen LogP contribution in [0.15, 0.2) is 42.5 Å². The fourth-order valence-corrected chi connectivity index (χ4v) is 3.11. The Kier molecular flexibility index (Phi) is 4.67. The van der Waals surface area contributed by atoms with Gasteiger partial charge >= 0.3 is 0 Å². The molecule has 3 rings (SSSR count). The Labute approximate surface area is 121 Å². The molecule has 20 heavy (non-hydrogen) atoms. The maximum absolute atomic E-state index is 3.61. The highest BCUT2D eigenvalue weighted by Crippen LogP contribution is 2.18. The number of hydrogen-bond acceptors (Lipinski definition) is 2. The molecule has 0 bridgehead atoms. The molecule has 1 aliphatic rings. The summed E-state index contributed by atoms with van der Waals surface area (Å²) in [6.07, 6.45) is 5.14. The third-order valence-corrected chi connectivity index (χ3v) is 4.25. The van der Waals surface area contributed by atoms with Crippen LogP contribution in [0.1, 0.15) is 24.8 Å². The molecule has 2 N–H and O–H groups in total. The van der Waals surface area contributed by atoms with Crippen LogP contribution < -0.4 is 10.6 Å². The smallest absolute Gasteiger partial charge is 0.0192 e. The average molecular weight is 268 g/mol. The molecule has 0 radical (unpaired) electrons. The molecule has 2 nitrogen and oxygen atoms in total. The summed E-state index contributed by atoms with van der Waals surface area (Å²) in [5.74, 6) is 0. The van der Waals surface area contributed by atoms with Crippen LogP contribution in [0.5, 0.6) is 0 Å². The summed E-state index contributed by atoms with van der Waals surface area (Å²) >= 11 is 0. The van der Waals surface area contributed by atoms with Crippen molar-refractivity contribution in [2.24, 2.45) is 0 Å². The van der Waals surface area contributed by atoms with E-state index in [4.69, 9.17) is 0 Å². The lowest BCUT2D eigenvalue weighted by Crippen LogP contribution is -2.42. The van der Waals surface area contributed by atoms with Gasteiger partial charge in [-0.05, 0) is 48.7 Å². The van der Waals surface area contributed by atoms with E-state index in [0.29, 0.717) is 6.04 Å². The monoisotopic (exact) mass is 268 g/mol. The van der Waals surface area contributed by atoms with Gasteiger partial charge in [-0.3, -0.25) is 0 Å². The Hall–Kier alpha value is -1.38. The summed E-state index contributed by atoms with van der Waals surface area (Å²) in [7, 11) is 0. The molecular formula is C18H24N2. The van der Waals surface area contributed by atoms with E-state index in [1.807, 2.05) is 0 Å². The van der Waals surface area contributed by atoms with Gasteiger partial charge < -0.3 is 10.6 Å². The van der Waals surface area contributed by atoms with Crippen molar-refractivity contribution in [2.75, 3.05) is 19.6 Å². The molecular weight excluding hydrogens is 244 g/mol. The maximum atomic E-state index is 3.61. The number of hydrogen-bond donors (Lipinski definition) is 2. The lowest BCUT2D eigenvalue weighted by atomic mass is 10.0. The van der Waals surface area contributed by atoms with Gasteiger partial charge in [-0.25, -0.2) is 0 Å². The fraction of sp³-hybridized carbons (Fsp3) is 0.444. The number of piperidine rings is 1. The summed E-state index contributed by atoms with van der Waals surface area (Å²) in [5, 5.41) is 9.93. The number of rotatable bonds is 5. The minimum absolute atomic E-state index is 0.677. The van der Waals surface area contributed by atoms with Crippen molar-refractivity contribution in [3.05, 3.63) is 48.0 Å². The second-order valence-corrected chi connectivity index (χ2v) is 5.74. The maximum Gasteiger partial charge on any atom is 0.0192 e. The molecule has 1 saturated heterocycles. The highest BCUT2D eigenvalue weighted by Gasteiger charge is 2.11. The molecule has 0 saturated carbocycles. The van der Waals surface area contributed by atoms with Gasteiger partial charge in [0.15, 0.2) is 0 Å². The van der Waals surface area contributed by atoms with E-state index in [0.717, 1.165) is 19.5 Å². The second kappa shape index (κ2) is 6.87. The van der Waals surface area contributed by atoms with Crippen molar-refractivity contribution < 1.29 is 0 Å². The highest BCUT2D eigenvalue weighted by molar-refractivity contribution is 5.85. The SMILES string of the molecule is c1ccc2c(CCNCC3CCCCN3)cccc2c1. The minimum atomic E-state index is 0.677. The van der Waals surface area contributed by atoms with Gasteiger partial charge in [-0.2, -0.15) is 0 Å². The van der Waals surface area contributed by atoms with Gasteiger partial charge in [-0.15, -0.1) is 0 Å². The van der Waals surface area contributed by atoms with Crippen LogP contribution in [0.25, 0.3) is 10.8 Å².